The zero-order chi connectivity index (χ0) is 24.1. The van der Waals surface area contributed by atoms with E-state index in [1.807, 2.05) is 6.92 Å². The molecule has 9 nitrogen and oxygen atoms in total. The number of carbonyl (C=O) groups is 2. The smallest absolute Gasteiger partial charge is 0.365 e. The van der Waals surface area contributed by atoms with Gasteiger partial charge in [0.05, 0.1) is 22.6 Å². The van der Waals surface area contributed by atoms with E-state index in [2.05, 4.69) is 41.5 Å². The van der Waals surface area contributed by atoms with E-state index in [9.17, 15) is 22.8 Å². The van der Waals surface area contributed by atoms with Crippen molar-refractivity contribution in [2.24, 2.45) is 5.73 Å². The van der Waals surface area contributed by atoms with Crippen LogP contribution in [-0.4, -0.2) is 36.8 Å². The van der Waals surface area contributed by atoms with Gasteiger partial charge in [0.25, 0.3) is 11.8 Å². The molecule has 4 aromatic rings. The summed E-state index contributed by atoms with van der Waals surface area (Å²) in [5, 5.41) is 13.2. The molecule has 14 heteroatoms. The Balaban J connectivity index is 2.03. The van der Waals surface area contributed by atoms with Crippen LogP contribution < -0.4 is 11.1 Å². The van der Waals surface area contributed by atoms with Gasteiger partial charge in [0, 0.05) is 23.2 Å². The topological polar surface area (TPSA) is 132 Å². The van der Waals surface area contributed by atoms with E-state index in [0.29, 0.717) is 33.6 Å². The van der Waals surface area contributed by atoms with Gasteiger partial charge in [0.15, 0.2) is 0 Å². The predicted octanol–water partition coefficient (Wildman–Crippen LogP) is 4.34. The van der Waals surface area contributed by atoms with Gasteiger partial charge in [-0.2, -0.15) is 23.4 Å². The Kier molecular flexibility index (Phi) is 5.74. The second-order valence-electron chi connectivity index (χ2n) is 6.91. The van der Waals surface area contributed by atoms with Crippen molar-refractivity contribution in [3.8, 4) is 11.1 Å². The highest BCUT2D eigenvalue weighted by atomic mass is 79.9. The highest BCUT2D eigenvalue weighted by Crippen LogP contribution is 2.44. The van der Waals surface area contributed by atoms with Gasteiger partial charge < -0.3 is 11.1 Å². The largest absolute Gasteiger partial charge is 0.433 e. The number of amides is 2. The van der Waals surface area contributed by atoms with E-state index in [4.69, 9.17) is 5.73 Å². The maximum Gasteiger partial charge on any atom is 0.433 e. The third-order valence-corrected chi connectivity index (χ3v) is 6.63. The maximum atomic E-state index is 13.6. The first-order valence-corrected chi connectivity index (χ1v) is 11.0. The first-order valence-electron chi connectivity index (χ1n) is 9.40. The number of hydrogen-bond acceptors (Lipinski definition) is 6. The number of aromatic amines is 1. The fraction of sp³-hybridized carbons (Fsp3) is 0.211. The van der Waals surface area contributed by atoms with Crippen LogP contribution in [0.5, 0.6) is 0 Å². The number of hydrogen-bond donors (Lipinski definition) is 3. The highest BCUT2D eigenvalue weighted by Gasteiger charge is 2.35. The zero-order valence-corrected chi connectivity index (χ0v) is 19.4. The number of aryl methyl sites for hydroxylation is 1. The molecule has 4 heterocycles. The summed E-state index contributed by atoms with van der Waals surface area (Å²) < 4.78 is 42.9. The van der Waals surface area contributed by atoms with Crippen LogP contribution in [0, 0.1) is 6.92 Å². The van der Waals surface area contributed by atoms with Crippen molar-refractivity contribution in [2.75, 3.05) is 5.32 Å². The number of H-pyrrole nitrogens is 1. The minimum atomic E-state index is -4.74. The second-order valence-corrected chi connectivity index (χ2v) is 8.76. The molecular weight excluding hydrogens is 527 g/mol. The molecule has 0 spiro atoms. The van der Waals surface area contributed by atoms with Gasteiger partial charge >= 0.3 is 6.18 Å². The minimum Gasteiger partial charge on any atom is -0.365 e. The van der Waals surface area contributed by atoms with Gasteiger partial charge in [-0.3, -0.25) is 19.4 Å². The molecule has 4 aromatic heterocycles. The van der Waals surface area contributed by atoms with Crippen molar-refractivity contribution in [3.63, 3.8) is 0 Å². The normalized spacial score (nSPS) is 11.8. The number of nitrogens with zero attached hydrogens (tertiary/aromatic N) is 4. The summed E-state index contributed by atoms with van der Waals surface area (Å²) in [5.41, 5.74) is 5.51. The van der Waals surface area contributed by atoms with Crippen molar-refractivity contribution in [3.05, 3.63) is 44.9 Å². The zero-order valence-electron chi connectivity index (χ0n) is 17.0. The second kappa shape index (κ2) is 8.26. The highest BCUT2D eigenvalue weighted by molar-refractivity contribution is 9.10. The van der Waals surface area contributed by atoms with Crippen LogP contribution in [0.2, 0.25) is 0 Å². The molecule has 0 radical (unpaired) electrons. The number of aromatic nitrogens is 5. The molecule has 0 saturated carbocycles. The molecular formula is C19H15BrF3N7O2S. The number of pyridine rings is 1. The molecule has 0 fully saturated rings. The van der Waals surface area contributed by atoms with Crippen LogP contribution in [0.1, 0.15) is 38.5 Å². The first-order chi connectivity index (χ1) is 15.5. The molecule has 0 aliphatic rings. The van der Waals surface area contributed by atoms with Crippen molar-refractivity contribution < 1.29 is 22.8 Å². The summed E-state index contributed by atoms with van der Waals surface area (Å²) in [6, 6.07) is 0.881. The van der Waals surface area contributed by atoms with Gasteiger partial charge in [-0.25, -0.2) is 4.98 Å². The lowest BCUT2D eigenvalue weighted by atomic mass is 10.0. The molecule has 0 aliphatic carbocycles. The Morgan fingerprint density at radius 2 is 2.03 bits per heavy atom. The number of rotatable bonds is 5. The van der Waals surface area contributed by atoms with Crippen molar-refractivity contribution in [2.45, 2.75) is 26.6 Å². The van der Waals surface area contributed by atoms with Gasteiger partial charge in [-0.15, -0.1) is 11.3 Å². The van der Waals surface area contributed by atoms with E-state index in [1.54, 1.807) is 11.6 Å². The molecule has 0 unspecified atom stereocenters. The van der Waals surface area contributed by atoms with E-state index in [0.717, 1.165) is 6.07 Å². The van der Waals surface area contributed by atoms with E-state index in [1.165, 1.54) is 12.4 Å². The number of halogens is 4. The quantitative estimate of drug-likeness (QED) is 0.345. The summed E-state index contributed by atoms with van der Waals surface area (Å²) in [6.07, 6.45) is -1.94. The molecule has 0 saturated heterocycles. The standard InChI is InChI=1S/C19H15BrF3N7O2S/c1-3-30-7(2)9(5-26-30)8-4-11(19(21,22)23)27-18-12(8)14(15(33-18)16(24)31)28-17(32)13-10(20)6-25-29-13/h4-6H,3H2,1-2H3,(H2,24,31)(H,25,29)(H,28,32). The third kappa shape index (κ3) is 3.99. The molecule has 0 atom stereocenters. The van der Waals surface area contributed by atoms with Gasteiger partial charge in [0.2, 0.25) is 0 Å². The van der Waals surface area contributed by atoms with Gasteiger partial charge in [0.1, 0.15) is 21.1 Å². The molecule has 0 aromatic carbocycles. The van der Waals surface area contributed by atoms with Crippen molar-refractivity contribution >= 4 is 55.0 Å². The molecule has 2 amide bonds. The molecule has 4 N–H and O–H groups in total. The molecule has 0 aliphatic heterocycles. The lowest BCUT2D eigenvalue weighted by Gasteiger charge is -2.12. The molecule has 33 heavy (non-hydrogen) atoms. The van der Waals surface area contributed by atoms with Gasteiger partial charge in [-0.1, -0.05) is 0 Å². The Bertz CT molecular complexity index is 1410. The number of nitrogens with one attached hydrogen (secondary N) is 2. The van der Waals surface area contributed by atoms with E-state index >= 15 is 0 Å². The van der Waals surface area contributed by atoms with E-state index in [-0.39, 0.29) is 32.0 Å². The fourth-order valence-corrected chi connectivity index (χ4v) is 4.76. The third-order valence-electron chi connectivity index (χ3n) is 4.93. The number of nitrogens with two attached hydrogens (primary N) is 1. The maximum absolute atomic E-state index is 13.6. The fourth-order valence-electron chi connectivity index (χ4n) is 3.39. The van der Waals surface area contributed by atoms with Crippen LogP contribution in [0.3, 0.4) is 0 Å². The molecule has 4 rings (SSSR count). The number of anilines is 1. The number of primary amides is 1. The van der Waals surface area contributed by atoms with Crippen LogP contribution in [0.4, 0.5) is 18.9 Å². The monoisotopic (exact) mass is 541 g/mol. The Labute approximate surface area is 196 Å². The van der Waals surface area contributed by atoms with Crippen LogP contribution in [0.15, 0.2) is 22.9 Å². The number of carbonyl (C=O) groups excluding carboxylic acids is 2. The minimum absolute atomic E-state index is 0.0335. The lowest BCUT2D eigenvalue weighted by Crippen LogP contribution is -2.17. The Morgan fingerprint density at radius 3 is 2.58 bits per heavy atom. The Hall–Kier alpha value is -3.26. The average molecular weight is 542 g/mol. The summed E-state index contributed by atoms with van der Waals surface area (Å²) >= 11 is 3.85. The molecule has 0 bridgehead atoms. The van der Waals surface area contributed by atoms with Gasteiger partial charge in [-0.05, 0) is 41.4 Å². The van der Waals surface area contributed by atoms with Crippen molar-refractivity contribution in [1.29, 1.82) is 0 Å². The summed E-state index contributed by atoms with van der Waals surface area (Å²) in [7, 11) is 0. The van der Waals surface area contributed by atoms with E-state index < -0.39 is 23.7 Å². The SMILES string of the molecule is CCn1ncc(-c2cc(C(F)(F)F)nc3sc(C(N)=O)c(NC(=O)c4[nH]ncc4Br)c23)c1C. The lowest BCUT2D eigenvalue weighted by molar-refractivity contribution is -0.140. The number of thiophene rings is 1. The summed E-state index contributed by atoms with van der Waals surface area (Å²) in [6.45, 7) is 4.06. The number of fused-ring (bicyclic) bond motifs is 1. The summed E-state index contributed by atoms with van der Waals surface area (Å²) in [4.78, 5) is 28.5. The average Bonchev–Trinajstić information content (AvgIpc) is 3.43. The number of alkyl halides is 3. The molecule has 172 valence electrons. The van der Waals surface area contributed by atoms with Crippen LogP contribution >= 0.6 is 27.3 Å². The Morgan fingerprint density at radius 1 is 1.30 bits per heavy atom. The first kappa shape index (κ1) is 22.9. The van der Waals surface area contributed by atoms with Crippen LogP contribution in [-0.2, 0) is 12.7 Å². The predicted molar refractivity (Wildman–Crippen MR) is 119 cm³/mol. The van der Waals surface area contributed by atoms with Crippen molar-refractivity contribution in [1.82, 2.24) is 25.0 Å². The van der Waals surface area contributed by atoms with Crippen LogP contribution in [0.25, 0.3) is 21.3 Å². The summed E-state index contributed by atoms with van der Waals surface area (Å²) in [5.74, 6) is -1.59.